The summed E-state index contributed by atoms with van der Waals surface area (Å²) in [4.78, 5) is 0.241. The highest BCUT2D eigenvalue weighted by Crippen LogP contribution is 2.41. The zero-order valence-corrected chi connectivity index (χ0v) is 14.8. The zero-order valence-electron chi connectivity index (χ0n) is 9.21. The van der Waals surface area contributed by atoms with Crippen molar-refractivity contribution in [2.45, 2.75) is 18.2 Å². The average Bonchev–Trinajstić information content (AvgIpc) is 2.68. The highest BCUT2D eigenvalue weighted by atomic mass is 79.9. The van der Waals surface area contributed by atoms with Crippen molar-refractivity contribution in [3.8, 4) is 0 Å². The predicted molar refractivity (Wildman–Crippen MR) is 86.3 cm³/mol. The number of alkyl halides is 1. The van der Waals surface area contributed by atoms with Crippen LogP contribution >= 0.6 is 59.1 Å². The molecule has 0 radical (unpaired) electrons. The van der Waals surface area contributed by atoms with Crippen LogP contribution in [-0.4, -0.2) is 0 Å². The Labute approximate surface area is 131 Å². The summed E-state index contributed by atoms with van der Waals surface area (Å²) in [6, 6.07) is 10.9. The van der Waals surface area contributed by atoms with E-state index in [0.717, 1.165) is 10.2 Å². The van der Waals surface area contributed by atoms with E-state index in [-0.39, 0.29) is 4.83 Å². The summed E-state index contributed by atoms with van der Waals surface area (Å²) in [5.74, 6) is 0. The van der Waals surface area contributed by atoms with E-state index < -0.39 is 0 Å². The minimum absolute atomic E-state index is 0.241. The molecule has 0 aliphatic carbocycles. The summed E-state index contributed by atoms with van der Waals surface area (Å²) in [6.07, 6.45) is 1.08. The first kappa shape index (κ1) is 13.8. The van der Waals surface area contributed by atoms with E-state index in [2.05, 4.69) is 85.0 Å². The molecule has 4 heteroatoms. The van der Waals surface area contributed by atoms with Crippen LogP contribution in [0.4, 0.5) is 0 Å². The van der Waals surface area contributed by atoms with Crippen molar-refractivity contribution in [1.82, 2.24) is 0 Å². The van der Waals surface area contributed by atoms with Gasteiger partial charge >= 0.3 is 0 Å². The molecule has 1 atom stereocenters. The number of hydrogen-bond donors (Lipinski definition) is 0. The van der Waals surface area contributed by atoms with Gasteiger partial charge in [0.1, 0.15) is 0 Å². The molecule has 90 valence electrons. The molecule has 2 rings (SSSR count). The van der Waals surface area contributed by atoms with E-state index in [4.69, 9.17) is 0 Å². The van der Waals surface area contributed by atoms with Gasteiger partial charge < -0.3 is 0 Å². The topological polar surface area (TPSA) is 0 Å². The van der Waals surface area contributed by atoms with Crippen molar-refractivity contribution in [2.24, 2.45) is 0 Å². The number of aryl methyl sites for hydroxylation is 1. The molecule has 1 unspecified atom stereocenters. The molecule has 0 nitrogen and oxygen atoms in total. The van der Waals surface area contributed by atoms with Gasteiger partial charge in [-0.25, -0.2) is 0 Å². The lowest BCUT2D eigenvalue weighted by Gasteiger charge is -2.10. The van der Waals surface area contributed by atoms with Crippen LogP contribution in [0, 0.1) is 0 Å². The van der Waals surface area contributed by atoms with Crippen LogP contribution in [0.1, 0.15) is 28.4 Å². The number of benzene rings is 1. The van der Waals surface area contributed by atoms with Gasteiger partial charge in [-0.3, -0.25) is 0 Å². The van der Waals surface area contributed by atoms with Gasteiger partial charge in [-0.2, -0.15) is 0 Å². The summed E-state index contributed by atoms with van der Waals surface area (Å²) >= 11 is 12.6. The molecule has 2 aromatic rings. The standard InChI is InChI=1S/C13H11Br3S/c1-2-8-3-5-9(6-4-8)12(15)10-7-11(14)17-13(10)16/h3-7,12H,2H2,1H3. The van der Waals surface area contributed by atoms with E-state index in [0.29, 0.717) is 0 Å². The van der Waals surface area contributed by atoms with Gasteiger partial charge in [-0.15, -0.1) is 11.3 Å². The summed E-state index contributed by atoms with van der Waals surface area (Å²) in [5.41, 5.74) is 3.93. The summed E-state index contributed by atoms with van der Waals surface area (Å²) in [6.45, 7) is 2.17. The Hall–Kier alpha value is 0.360. The Balaban J connectivity index is 2.30. The van der Waals surface area contributed by atoms with Crippen molar-refractivity contribution in [3.05, 3.63) is 54.6 Å². The lowest BCUT2D eigenvalue weighted by Crippen LogP contribution is -1.92. The Kier molecular flexibility index (Phi) is 4.87. The van der Waals surface area contributed by atoms with Gasteiger partial charge in [0.2, 0.25) is 0 Å². The fraction of sp³-hybridized carbons (Fsp3) is 0.231. The van der Waals surface area contributed by atoms with E-state index in [1.54, 1.807) is 11.3 Å². The SMILES string of the molecule is CCc1ccc(C(Br)c2cc(Br)sc2Br)cc1. The molecule has 0 saturated carbocycles. The fourth-order valence-corrected chi connectivity index (χ4v) is 5.65. The monoisotopic (exact) mass is 436 g/mol. The molecular weight excluding hydrogens is 428 g/mol. The van der Waals surface area contributed by atoms with Crippen LogP contribution in [0.25, 0.3) is 0 Å². The Bertz CT molecular complexity index is 502. The maximum Gasteiger partial charge on any atom is 0.0757 e. The molecule has 1 aromatic heterocycles. The minimum Gasteiger partial charge on any atom is -0.121 e. The van der Waals surface area contributed by atoms with Crippen molar-refractivity contribution in [2.75, 3.05) is 0 Å². The smallest absolute Gasteiger partial charge is 0.0757 e. The highest BCUT2D eigenvalue weighted by Gasteiger charge is 2.16. The molecule has 0 amide bonds. The van der Waals surface area contributed by atoms with Crippen molar-refractivity contribution < 1.29 is 0 Å². The van der Waals surface area contributed by atoms with E-state index in [9.17, 15) is 0 Å². The number of halogens is 3. The van der Waals surface area contributed by atoms with Gasteiger partial charge in [-0.05, 0) is 61.0 Å². The normalized spacial score (nSPS) is 12.7. The number of hydrogen-bond acceptors (Lipinski definition) is 1. The van der Waals surface area contributed by atoms with E-state index >= 15 is 0 Å². The number of thiophene rings is 1. The van der Waals surface area contributed by atoms with Crippen LogP contribution in [0.2, 0.25) is 0 Å². The largest absolute Gasteiger partial charge is 0.121 e. The minimum atomic E-state index is 0.241. The quantitative estimate of drug-likeness (QED) is 0.492. The van der Waals surface area contributed by atoms with Crippen LogP contribution in [-0.2, 0) is 6.42 Å². The Morgan fingerprint density at radius 1 is 1.18 bits per heavy atom. The molecule has 1 aromatic carbocycles. The van der Waals surface area contributed by atoms with Crippen molar-refractivity contribution in [1.29, 1.82) is 0 Å². The fourth-order valence-electron chi connectivity index (χ4n) is 1.63. The Morgan fingerprint density at radius 3 is 2.29 bits per heavy atom. The second-order valence-electron chi connectivity index (χ2n) is 3.74. The van der Waals surface area contributed by atoms with Gasteiger partial charge in [0.25, 0.3) is 0 Å². The van der Waals surface area contributed by atoms with E-state index in [1.807, 2.05) is 0 Å². The molecule has 0 fully saturated rings. The van der Waals surface area contributed by atoms with Gasteiger partial charge in [0.15, 0.2) is 0 Å². The summed E-state index contributed by atoms with van der Waals surface area (Å²) in [5, 5.41) is 0. The van der Waals surface area contributed by atoms with Crippen molar-refractivity contribution >= 4 is 59.1 Å². The average molecular weight is 439 g/mol. The van der Waals surface area contributed by atoms with Gasteiger partial charge in [-0.1, -0.05) is 47.1 Å². The summed E-state index contributed by atoms with van der Waals surface area (Å²) < 4.78 is 2.32. The lowest BCUT2D eigenvalue weighted by atomic mass is 10.0. The maximum atomic E-state index is 3.76. The van der Waals surface area contributed by atoms with Gasteiger partial charge in [0, 0.05) is 0 Å². The molecule has 0 aliphatic heterocycles. The zero-order chi connectivity index (χ0) is 12.4. The molecule has 1 heterocycles. The third-order valence-electron chi connectivity index (χ3n) is 2.64. The first-order valence-corrected chi connectivity index (χ1v) is 8.61. The van der Waals surface area contributed by atoms with Crippen LogP contribution in [0.15, 0.2) is 37.9 Å². The first-order valence-electron chi connectivity index (χ1n) is 5.29. The van der Waals surface area contributed by atoms with Gasteiger partial charge in [0.05, 0.1) is 12.4 Å². The van der Waals surface area contributed by atoms with Crippen LogP contribution in [0.5, 0.6) is 0 Å². The van der Waals surface area contributed by atoms with E-state index in [1.165, 1.54) is 20.5 Å². The van der Waals surface area contributed by atoms with Crippen molar-refractivity contribution in [3.63, 3.8) is 0 Å². The second-order valence-corrected chi connectivity index (χ2v) is 8.40. The molecule has 0 saturated heterocycles. The van der Waals surface area contributed by atoms with Crippen LogP contribution < -0.4 is 0 Å². The molecule has 0 bridgehead atoms. The second kappa shape index (κ2) is 6.00. The molecule has 0 spiro atoms. The third-order valence-corrected chi connectivity index (χ3v) is 6.04. The van der Waals surface area contributed by atoms with Crippen LogP contribution in [0.3, 0.4) is 0 Å². The molecule has 17 heavy (non-hydrogen) atoms. The predicted octanol–water partition coefficient (Wildman–Crippen LogP) is 6.32. The number of rotatable bonds is 3. The first-order chi connectivity index (χ1) is 8.11. The Morgan fingerprint density at radius 2 is 1.82 bits per heavy atom. The summed E-state index contributed by atoms with van der Waals surface area (Å²) in [7, 11) is 0. The molecule has 0 aliphatic rings. The molecular formula is C13H11Br3S. The maximum absolute atomic E-state index is 3.76. The highest BCUT2D eigenvalue weighted by molar-refractivity contribution is 9.12. The molecule has 0 N–H and O–H groups in total. The lowest BCUT2D eigenvalue weighted by molar-refractivity contribution is 1.12. The third kappa shape index (κ3) is 3.22.